The van der Waals surface area contributed by atoms with Crippen LogP contribution in [0.1, 0.15) is 15.9 Å². The lowest BCUT2D eigenvalue weighted by atomic mass is 10.2. The molecule has 0 fully saturated rings. The van der Waals surface area contributed by atoms with E-state index in [2.05, 4.69) is 10.4 Å². The summed E-state index contributed by atoms with van der Waals surface area (Å²) in [7, 11) is 1.62. The van der Waals surface area contributed by atoms with Crippen LogP contribution in [0, 0.1) is 17.1 Å². The molecular formula is C12H8ClFN4O. The van der Waals surface area contributed by atoms with Crippen LogP contribution >= 0.6 is 11.6 Å². The van der Waals surface area contributed by atoms with Gasteiger partial charge in [-0.2, -0.15) is 10.4 Å². The van der Waals surface area contributed by atoms with E-state index in [0.29, 0.717) is 0 Å². The fraction of sp³-hybridized carbons (Fsp3) is 0.0833. The molecule has 96 valence electrons. The van der Waals surface area contributed by atoms with Crippen molar-refractivity contribution in [1.82, 2.24) is 9.78 Å². The maximum absolute atomic E-state index is 13.2. The van der Waals surface area contributed by atoms with E-state index in [1.54, 1.807) is 7.05 Å². The summed E-state index contributed by atoms with van der Waals surface area (Å²) >= 11 is 5.71. The van der Waals surface area contributed by atoms with E-state index in [9.17, 15) is 9.18 Å². The molecule has 0 atom stereocenters. The van der Waals surface area contributed by atoms with Crippen molar-refractivity contribution < 1.29 is 9.18 Å². The van der Waals surface area contributed by atoms with Crippen molar-refractivity contribution >= 4 is 23.3 Å². The Morgan fingerprint density at radius 1 is 1.58 bits per heavy atom. The van der Waals surface area contributed by atoms with Crippen molar-refractivity contribution in [1.29, 1.82) is 5.26 Å². The molecule has 0 spiro atoms. The van der Waals surface area contributed by atoms with Gasteiger partial charge in [-0.25, -0.2) is 4.39 Å². The van der Waals surface area contributed by atoms with Crippen molar-refractivity contribution in [3.8, 4) is 6.07 Å². The Bertz CT molecular complexity index is 690. The Morgan fingerprint density at radius 3 is 3.00 bits per heavy atom. The van der Waals surface area contributed by atoms with Crippen LogP contribution in [0.3, 0.4) is 0 Å². The highest BCUT2D eigenvalue weighted by Crippen LogP contribution is 2.21. The summed E-state index contributed by atoms with van der Waals surface area (Å²) in [4.78, 5) is 11.9. The Labute approximate surface area is 113 Å². The number of aromatic nitrogens is 2. The van der Waals surface area contributed by atoms with E-state index in [1.807, 2.05) is 6.07 Å². The lowest BCUT2D eigenvalue weighted by molar-refractivity contribution is 0.102. The first-order valence-corrected chi connectivity index (χ1v) is 5.60. The molecule has 1 N–H and O–H groups in total. The number of hydrogen-bond acceptors (Lipinski definition) is 3. The van der Waals surface area contributed by atoms with Gasteiger partial charge >= 0.3 is 0 Å². The number of carbonyl (C=O) groups is 1. The van der Waals surface area contributed by atoms with Gasteiger partial charge in [0.25, 0.3) is 5.91 Å². The molecule has 1 aromatic heterocycles. The number of benzene rings is 1. The number of halogens is 2. The van der Waals surface area contributed by atoms with E-state index in [0.717, 1.165) is 6.07 Å². The summed E-state index contributed by atoms with van der Waals surface area (Å²) in [5, 5.41) is 15.0. The third-order valence-electron chi connectivity index (χ3n) is 2.38. The van der Waals surface area contributed by atoms with Crippen LogP contribution in [0.5, 0.6) is 0 Å². The van der Waals surface area contributed by atoms with Crippen LogP contribution in [0.25, 0.3) is 0 Å². The van der Waals surface area contributed by atoms with E-state index in [4.69, 9.17) is 16.9 Å². The largest absolute Gasteiger partial charge is 0.304 e. The van der Waals surface area contributed by atoms with Crippen molar-refractivity contribution in [3.05, 3.63) is 46.4 Å². The highest BCUT2D eigenvalue weighted by atomic mass is 35.5. The highest BCUT2D eigenvalue weighted by Gasteiger charge is 2.16. The van der Waals surface area contributed by atoms with Gasteiger partial charge in [0.05, 0.1) is 10.6 Å². The average molecular weight is 279 g/mol. The number of nitriles is 1. The highest BCUT2D eigenvalue weighted by molar-refractivity contribution is 6.34. The van der Waals surface area contributed by atoms with Gasteiger partial charge in [0.1, 0.15) is 17.4 Å². The van der Waals surface area contributed by atoms with Gasteiger partial charge in [0.2, 0.25) is 0 Å². The van der Waals surface area contributed by atoms with Gasteiger partial charge in [0, 0.05) is 13.2 Å². The molecule has 1 heterocycles. The van der Waals surface area contributed by atoms with Gasteiger partial charge in [-0.1, -0.05) is 17.7 Å². The van der Waals surface area contributed by atoms with Gasteiger partial charge in [-0.3, -0.25) is 9.48 Å². The summed E-state index contributed by atoms with van der Waals surface area (Å²) in [6, 6.07) is 5.81. The zero-order chi connectivity index (χ0) is 14.0. The monoisotopic (exact) mass is 278 g/mol. The first kappa shape index (κ1) is 13.1. The summed E-state index contributed by atoms with van der Waals surface area (Å²) in [5.41, 5.74) is 0.194. The summed E-state index contributed by atoms with van der Waals surface area (Å²) in [6.07, 6.45) is 1.46. The predicted molar refractivity (Wildman–Crippen MR) is 67.3 cm³/mol. The Hall–Kier alpha value is -2.39. The first-order valence-electron chi connectivity index (χ1n) is 5.22. The fourth-order valence-electron chi connectivity index (χ4n) is 1.52. The van der Waals surface area contributed by atoms with Crippen LogP contribution in [-0.2, 0) is 7.05 Å². The predicted octanol–water partition coefficient (Wildman–Crippen LogP) is 2.34. The van der Waals surface area contributed by atoms with Crippen molar-refractivity contribution in [2.75, 3.05) is 5.32 Å². The molecule has 0 saturated carbocycles. The molecule has 7 heteroatoms. The summed E-state index contributed by atoms with van der Waals surface area (Å²) in [5.74, 6) is -1.20. The standard InChI is InChI=1S/C12H8ClFN4O/c1-18-6-7(5-15)11(17-18)16-12(19)8-3-2-4-9(14)10(8)13/h2-4,6H,1H3,(H,16,17,19). The van der Waals surface area contributed by atoms with Crippen LogP contribution in [-0.4, -0.2) is 15.7 Å². The molecule has 1 amide bonds. The number of nitrogens with one attached hydrogen (secondary N) is 1. The zero-order valence-electron chi connectivity index (χ0n) is 9.82. The minimum atomic E-state index is -0.684. The quantitative estimate of drug-likeness (QED) is 0.916. The van der Waals surface area contributed by atoms with Gasteiger partial charge in [0.15, 0.2) is 5.82 Å². The van der Waals surface area contributed by atoms with Crippen molar-refractivity contribution in [2.24, 2.45) is 7.05 Å². The molecule has 0 unspecified atom stereocenters. The van der Waals surface area contributed by atoms with E-state index in [-0.39, 0.29) is 22.0 Å². The normalized spacial score (nSPS) is 10.0. The number of anilines is 1. The second-order valence-electron chi connectivity index (χ2n) is 3.73. The van der Waals surface area contributed by atoms with Gasteiger partial charge in [-0.15, -0.1) is 0 Å². The van der Waals surface area contributed by atoms with Crippen LogP contribution in [0.2, 0.25) is 5.02 Å². The SMILES string of the molecule is Cn1cc(C#N)c(NC(=O)c2cccc(F)c2Cl)n1. The molecule has 0 bridgehead atoms. The van der Waals surface area contributed by atoms with Crippen LogP contribution in [0.4, 0.5) is 10.2 Å². The van der Waals surface area contributed by atoms with E-state index >= 15 is 0 Å². The molecule has 1 aromatic carbocycles. The second-order valence-corrected chi connectivity index (χ2v) is 4.11. The second kappa shape index (κ2) is 5.08. The maximum Gasteiger partial charge on any atom is 0.258 e. The molecule has 0 aliphatic rings. The number of nitrogens with zero attached hydrogens (tertiary/aromatic N) is 3. The average Bonchev–Trinajstić information content (AvgIpc) is 2.72. The van der Waals surface area contributed by atoms with E-state index in [1.165, 1.54) is 23.0 Å². The van der Waals surface area contributed by atoms with Gasteiger partial charge in [-0.05, 0) is 12.1 Å². The number of carbonyl (C=O) groups excluding carboxylic acids is 1. The molecule has 2 rings (SSSR count). The summed E-state index contributed by atoms with van der Waals surface area (Å²) < 4.78 is 14.6. The third-order valence-corrected chi connectivity index (χ3v) is 2.76. The van der Waals surface area contributed by atoms with Crippen molar-refractivity contribution in [3.63, 3.8) is 0 Å². The van der Waals surface area contributed by atoms with Crippen LogP contribution < -0.4 is 5.32 Å². The van der Waals surface area contributed by atoms with Gasteiger partial charge < -0.3 is 5.32 Å². The molecule has 0 saturated heterocycles. The smallest absolute Gasteiger partial charge is 0.258 e. The molecular weight excluding hydrogens is 271 g/mol. The molecule has 2 aromatic rings. The number of rotatable bonds is 2. The lowest BCUT2D eigenvalue weighted by Gasteiger charge is -2.05. The minimum absolute atomic E-state index is 0.0174. The molecule has 5 nitrogen and oxygen atoms in total. The first-order chi connectivity index (χ1) is 9.02. The van der Waals surface area contributed by atoms with E-state index < -0.39 is 11.7 Å². The Kier molecular flexibility index (Phi) is 3.49. The number of aryl methyl sites for hydroxylation is 1. The fourth-order valence-corrected chi connectivity index (χ4v) is 1.73. The molecule has 0 aliphatic carbocycles. The molecule has 0 radical (unpaired) electrons. The summed E-state index contributed by atoms with van der Waals surface area (Å²) in [6.45, 7) is 0. The van der Waals surface area contributed by atoms with Crippen LogP contribution in [0.15, 0.2) is 24.4 Å². The third kappa shape index (κ3) is 2.56. The number of amides is 1. The topological polar surface area (TPSA) is 70.7 Å². The maximum atomic E-state index is 13.2. The molecule has 19 heavy (non-hydrogen) atoms. The minimum Gasteiger partial charge on any atom is -0.304 e. The lowest BCUT2D eigenvalue weighted by Crippen LogP contribution is -2.14. The Balaban J connectivity index is 2.31. The Morgan fingerprint density at radius 2 is 2.32 bits per heavy atom. The van der Waals surface area contributed by atoms with Crippen molar-refractivity contribution in [2.45, 2.75) is 0 Å². The zero-order valence-corrected chi connectivity index (χ0v) is 10.6. The number of hydrogen-bond donors (Lipinski definition) is 1. The molecule has 0 aliphatic heterocycles.